The first-order valence-electron chi connectivity index (χ1n) is 12.1. The number of benzene rings is 3. The van der Waals surface area contributed by atoms with Crippen LogP contribution in [0.4, 0.5) is 8.78 Å². The summed E-state index contributed by atoms with van der Waals surface area (Å²) in [6.45, 7) is 0.888. The molecule has 4 rings (SSSR count). The van der Waals surface area contributed by atoms with Crippen LogP contribution in [-0.4, -0.2) is 60.2 Å². The Balaban J connectivity index is 1.53. The van der Waals surface area contributed by atoms with Crippen LogP contribution >= 0.6 is 0 Å². The second kappa shape index (κ2) is 11.9. The average Bonchev–Trinajstić information content (AvgIpc) is 3.13. The summed E-state index contributed by atoms with van der Waals surface area (Å²) in [7, 11) is 1.33. The summed E-state index contributed by atoms with van der Waals surface area (Å²) in [6, 6.07) is 10.0. The number of phenols is 2. The number of ketones is 1. The number of halogens is 2. The molecule has 1 aliphatic rings. The van der Waals surface area contributed by atoms with E-state index >= 15 is 0 Å². The lowest BCUT2D eigenvalue weighted by atomic mass is 9.99. The minimum absolute atomic E-state index is 0.00182. The van der Waals surface area contributed by atoms with Gasteiger partial charge in [0.25, 0.3) is 5.91 Å². The summed E-state index contributed by atoms with van der Waals surface area (Å²) in [5.41, 5.74) is -1.50. The summed E-state index contributed by atoms with van der Waals surface area (Å²) in [5.74, 6) is -5.54. The summed E-state index contributed by atoms with van der Waals surface area (Å²) >= 11 is 0. The van der Waals surface area contributed by atoms with E-state index in [9.17, 15) is 33.4 Å². The Kier molecular flexibility index (Phi) is 8.40. The minimum Gasteiger partial charge on any atom is -0.508 e. The van der Waals surface area contributed by atoms with E-state index < -0.39 is 58.3 Å². The molecule has 0 unspecified atom stereocenters. The van der Waals surface area contributed by atoms with Crippen molar-refractivity contribution in [3.8, 4) is 17.2 Å². The Hall–Kier alpha value is -4.51. The summed E-state index contributed by atoms with van der Waals surface area (Å²) in [5, 5.41) is 25.4. The maximum Gasteiger partial charge on any atom is 0.338 e. The molecule has 1 fully saturated rings. The Bertz CT molecular complexity index is 1370. The average molecular weight is 541 g/mol. The molecule has 9 nitrogen and oxygen atoms in total. The van der Waals surface area contributed by atoms with Crippen molar-refractivity contribution in [1.29, 1.82) is 0 Å². The highest BCUT2D eigenvalue weighted by Gasteiger charge is 2.30. The predicted molar refractivity (Wildman–Crippen MR) is 135 cm³/mol. The SMILES string of the molecule is COc1ccc(O)c(C(=O)c2c(F)cc(C(=O)O[C@@H]3CCCNC[C@H]3NC(=O)c3ccc(O)cc3)cc2F)c1. The number of carbonyl (C=O) groups is 3. The quantitative estimate of drug-likeness (QED) is 0.265. The molecule has 3 aromatic rings. The highest BCUT2D eigenvalue weighted by Crippen LogP contribution is 2.28. The number of esters is 1. The van der Waals surface area contributed by atoms with Crippen molar-refractivity contribution < 1.29 is 42.9 Å². The second-order valence-corrected chi connectivity index (χ2v) is 8.94. The molecule has 0 aromatic heterocycles. The smallest absolute Gasteiger partial charge is 0.338 e. The number of hydrogen-bond acceptors (Lipinski definition) is 8. The van der Waals surface area contributed by atoms with E-state index in [1.807, 2.05) is 0 Å². The highest BCUT2D eigenvalue weighted by atomic mass is 19.1. The molecule has 2 atom stereocenters. The number of hydrogen-bond donors (Lipinski definition) is 4. The lowest BCUT2D eigenvalue weighted by molar-refractivity contribution is 0.0191. The van der Waals surface area contributed by atoms with Crippen molar-refractivity contribution in [2.75, 3.05) is 20.2 Å². The van der Waals surface area contributed by atoms with Gasteiger partial charge in [-0.2, -0.15) is 0 Å². The zero-order chi connectivity index (χ0) is 28.1. The first-order valence-corrected chi connectivity index (χ1v) is 12.1. The topological polar surface area (TPSA) is 134 Å². The molecular weight excluding hydrogens is 514 g/mol. The molecule has 0 aliphatic carbocycles. The fourth-order valence-electron chi connectivity index (χ4n) is 4.24. The van der Waals surface area contributed by atoms with Crippen LogP contribution in [0.5, 0.6) is 17.2 Å². The Morgan fingerprint density at radius 1 is 0.974 bits per heavy atom. The molecule has 11 heteroatoms. The van der Waals surface area contributed by atoms with Crippen LogP contribution in [0.1, 0.15) is 49.5 Å². The van der Waals surface area contributed by atoms with Crippen LogP contribution in [0.15, 0.2) is 54.6 Å². The van der Waals surface area contributed by atoms with Gasteiger partial charge in [-0.15, -0.1) is 0 Å². The van der Waals surface area contributed by atoms with Gasteiger partial charge in [0.05, 0.1) is 29.8 Å². The second-order valence-electron chi connectivity index (χ2n) is 8.94. The summed E-state index contributed by atoms with van der Waals surface area (Å²) in [6.07, 6.45) is 0.175. The van der Waals surface area contributed by atoms with E-state index in [4.69, 9.17) is 9.47 Å². The molecular formula is C28H26F2N2O7. The van der Waals surface area contributed by atoms with Crippen LogP contribution in [0.2, 0.25) is 0 Å². The van der Waals surface area contributed by atoms with Crippen LogP contribution in [0.3, 0.4) is 0 Å². The van der Waals surface area contributed by atoms with Gasteiger partial charge in [0, 0.05) is 12.1 Å². The van der Waals surface area contributed by atoms with Crippen LogP contribution in [-0.2, 0) is 4.74 Å². The summed E-state index contributed by atoms with van der Waals surface area (Å²) in [4.78, 5) is 38.4. The molecule has 39 heavy (non-hydrogen) atoms. The van der Waals surface area contributed by atoms with Gasteiger partial charge in [0.15, 0.2) is 0 Å². The fourth-order valence-corrected chi connectivity index (χ4v) is 4.24. The van der Waals surface area contributed by atoms with Gasteiger partial charge in [-0.25, -0.2) is 13.6 Å². The molecule has 1 heterocycles. The van der Waals surface area contributed by atoms with Crippen molar-refractivity contribution in [2.45, 2.75) is 25.0 Å². The Labute approximate surface area is 222 Å². The van der Waals surface area contributed by atoms with E-state index in [1.54, 1.807) is 0 Å². The van der Waals surface area contributed by atoms with Crippen molar-refractivity contribution >= 4 is 17.7 Å². The molecule has 0 bridgehead atoms. The van der Waals surface area contributed by atoms with Crippen LogP contribution < -0.4 is 15.4 Å². The van der Waals surface area contributed by atoms with Crippen molar-refractivity contribution in [1.82, 2.24) is 10.6 Å². The van der Waals surface area contributed by atoms with Crippen molar-refractivity contribution in [2.24, 2.45) is 0 Å². The van der Waals surface area contributed by atoms with E-state index in [-0.39, 0.29) is 29.2 Å². The number of amides is 1. The largest absolute Gasteiger partial charge is 0.508 e. The molecule has 0 spiro atoms. The minimum atomic E-state index is -1.31. The van der Waals surface area contributed by atoms with Crippen molar-refractivity contribution in [3.05, 3.63) is 88.5 Å². The van der Waals surface area contributed by atoms with Crippen LogP contribution in [0, 0.1) is 11.6 Å². The lowest BCUT2D eigenvalue weighted by Crippen LogP contribution is -2.49. The first kappa shape index (κ1) is 27.5. The van der Waals surface area contributed by atoms with E-state index in [2.05, 4.69) is 10.6 Å². The zero-order valence-electron chi connectivity index (χ0n) is 20.9. The van der Waals surface area contributed by atoms with Gasteiger partial charge in [-0.1, -0.05) is 0 Å². The molecule has 0 radical (unpaired) electrons. The number of nitrogens with one attached hydrogen (secondary N) is 2. The standard InChI is InChI=1S/C28H26F2N2O7/c1-38-18-8-9-23(34)19(13-18)26(35)25-20(29)11-16(12-21(25)30)28(37)39-24-3-2-10-31-14-22(24)32-27(36)15-4-6-17(33)7-5-15/h4-9,11-13,22,24,31,33-34H,2-3,10,14H2,1H3,(H,32,36)/t22-,24-/m1/s1. The number of methoxy groups -OCH3 is 1. The molecule has 3 aromatic carbocycles. The van der Waals surface area contributed by atoms with Gasteiger partial charge in [-0.3, -0.25) is 9.59 Å². The van der Waals surface area contributed by atoms with Gasteiger partial charge in [0.1, 0.15) is 35.0 Å². The fraction of sp³-hybridized carbons (Fsp3) is 0.250. The molecule has 0 saturated carbocycles. The van der Waals surface area contributed by atoms with Crippen LogP contribution in [0.25, 0.3) is 0 Å². The Morgan fingerprint density at radius 3 is 2.33 bits per heavy atom. The maximum absolute atomic E-state index is 15.0. The third kappa shape index (κ3) is 6.32. The maximum atomic E-state index is 15.0. The van der Waals surface area contributed by atoms with E-state index in [0.717, 1.165) is 12.1 Å². The normalized spacial score (nSPS) is 17.1. The molecule has 1 aliphatic heterocycles. The molecule has 204 valence electrons. The number of rotatable bonds is 7. The molecule has 4 N–H and O–H groups in total. The third-order valence-electron chi connectivity index (χ3n) is 6.31. The van der Waals surface area contributed by atoms with Gasteiger partial charge >= 0.3 is 5.97 Å². The molecule has 1 amide bonds. The molecule has 1 saturated heterocycles. The van der Waals surface area contributed by atoms with E-state index in [1.165, 1.54) is 37.4 Å². The third-order valence-corrected chi connectivity index (χ3v) is 6.31. The highest BCUT2D eigenvalue weighted by molar-refractivity contribution is 6.11. The number of carbonyl (C=O) groups excluding carboxylic acids is 3. The van der Waals surface area contributed by atoms with Gasteiger partial charge < -0.3 is 30.3 Å². The number of aromatic hydroxyl groups is 2. The predicted octanol–water partition coefficient (Wildman–Crippen LogP) is 3.32. The zero-order valence-corrected chi connectivity index (χ0v) is 20.9. The van der Waals surface area contributed by atoms with E-state index in [0.29, 0.717) is 31.5 Å². The van der Waals surface area contributed by atoms with Gasteiger partial charge in [0.2, 0.25) is 5.78 Å². The first-order chi connectivity index (χ1) is 18.7. The van der Waals surface area contributed by atoms with Gasteiger partial charge in [-0.05, 0) is 74.0 Å². The number of ether oxygens (including phenoxy) is 2. The Morgan fingerprint density at radius 2 is 1.67 bits per heavy atom. The summed E-state index contributed by atoms with van der Waals surface area (Å²) < 4.78 is 40.5. The lowest BCUT2D eigenvalue weighted by Gasteiger charge is -2.26. The van der Waals surface area contributed by atoms with Crippen molar-refractivity contribution in [3.63, 3.8) is 0 Å². The monoisotopic (exact) mass is 540 g/mol. The number of phenolic OH excluding ortho intramolecular Hbond substituents is 2.